The van der Waals surface area contributed by atoms with Gasteiger partial charge in [-0.05, 0) is 29.2 Å². The van der Waals surface area contributed by atoms with Crippen molar-refractivity contribution < 1.29 is 22.5 Å². The first-order chi connectivity index (χ1) is 10.7. The number of nitrogens with one attached hydrogen (secondary N) is 1. The van der Waals surface area contributed by atoms with Crippen LogP contribution >= 0.6 is 0 Å². The molecule has 122 valence electrons. The van der Waals surface area contributed by atoms with E-state index in [1.807, 2.05) is 0 Å². The van der Waals surface area contributed by atoms with E-state index in [1.165, 1.54) is 6.92 Å². The molecule has 0 saturated heterocycles. The Balaban J connectivity index is 2.18. The van der Waals surface area contributed by atoms with E-state index in [-0.39, 0.29) is 10.7 Å². The molecule has 0 bridgehead atoms. The highest BCUT2D eigenvalue weighted by atomic mass is 32.2. The van der Waals surface area contributed by atoms with E-state index < -0.39 is 39.0 Å². The van der Waals surface area contributed by atoms with Crippen molar-refractivity contribution >= 4 is 21.7 Å². The molecule has 11 heteroatoms. The summed E-state index contributed by atoms with van der Waals surface area (Å²) >= 11 is 0. The van der Waals surface area contributed by atoms with Gasteiger partial charge in [-0.1, -0.05) is 0 Å². The van der Waals surface area contributed by atoms with Gasteiger partial charge in [-0.3, -0.25) is 4.79 Å². The lowest BCUT2D eigenvalue weighted by atomic mass is 10.4. The number of nitro groups is 1. The molecule has 1 N–H and O–H groups in total. The maximum absolute atomic E-state index is 12.8. The van der Waals surface area contributed by atoms with Crippen molar-refractivity contribution in [3.05, 3.63) is 52.2 Å². The highest BCUT2D eigenvalue weighted by Crippen LogP contribution is 2.14. The summed E-state index contributed by atoms with van der Waals surface area (Å²) in [5.74, 6) is -1.86. The molecule has 0 fully saturated rings. The van der Waals surface area contributed by atoms with Crippen LogP contribution in [0.25, 0.3) is 0 Å². The second-order valence-electron chi connectivity index (χ2n) is 4.49. The van der Waals surface area contributed by atoms with E-state index in [4.69, 9.17) is 0 Å². The molecule has 0 unspecified atom stereocenters. The second-order valence-corrected chi connectivity index (χ2v) is 6.17. The Morgan fingerprint density at radius 2 is 2.00 bits per heavy atom. The van der Waals surface area contributed by atoms with E-state index >= 15 is 0 Å². The Morgan fingerprint density at radius 1 is 1.39 bits per heavy atom. The van der Waals surface area contributed by atoms with Gasteiger partial charge in [0.25, 0.3) is 15.9 Å². The van der Waals surface area contributed by atoms with Crippen molar-refractivity contribution in [1.82, 2.24) is 14.3 Å². The quantitative estimate of drug-likeness (QED) is 0.631. The van der Waals surface area contributed by atoms with Crippen molar-refractivity contribution in [3.8, 4) is 0 Å². The van der Waals surface area contributed by atoms with Crippen LogP contribution in [0.3, 0.4) is 0 Å². The highest BCUT2D eigenvalue weighted by Gasteiger charge is 2.23. The molecule has 0 aliphatic heterocycles. The molecule has 1 aromatic carbocycles. The normalized spacial score (nSPS) is 11.2. The van der Waals surface area contributed by atoms with Gasteiger partial charge in [-0.2, -0.15) is 0 Å². The van der Waals surface area contributed by atoms with Gasteiger partial charge in [-0.15, -0.1) is 0 Å². The van der Waals surface area contributed by atoms with Gasteiger partial charge in [0, 0.05) is 6.92 Å². The van der Waals surface area contributed by atoms with Crippen LogP contribution in [-0.2, 0) is 21.4 Å². The Bertz CT molecular complexity index is 860. The zero-order chi connectivity index (χ0) is 17.2. The molecule has 1 heterocycles. The smallest absolute Gasteiger partial charge is 0.343 e. The number of rotatable bonds is 5. The third-order valence-corrected chi connectivity index (χ3v) is 4.28. The lowest BCUT2D eigenvalue weighted by Gasteiger charge is -2.07. The SMILES string of the molecule is Cc1ncc([N+](=O)[O-])n1CC(=O)NS(=O)(=O)c1ccc(F)cc1. The highest BCUT2D eigenvalue weighted by molar-refractivity contribution is 7.90. The summed E-state index contributed by atoms with van der Waals surface area (Å²) in [6.45, 7) is 0.845. The number of amides is 1. The first-order valence-corrected chi connectivity index (χ1v) is 7.67. The van der Waals surface area contributed by atoms with Gasteiger partial charge in [0.1, 0.15) is 12.0 Å². The van der Waals surface area contributed by atoms with Crippen LogP contribution in [0.1, 0.15) is 5.82 Å². The van der Waals surface area contributed by atoms with E-state index in [0.29, 0.717) is 0 Å². The fourth-order valence-corrected chi connectivity index (χ4v) is 2.77. The van der Waals surface area contributed by atoms with Crippen LogP contribution in [0.5, 0.6) is 0 Å². The number of carbonyl (C=O) groups excluding carboxylic acids is 1. The van der Waals surface area contributed by atoms with Crippen molar-refractivity contribution in [2.45, 2.75) is 18.4 Å². The molecule has 0 aliphatic rings. The van der Waals surface area contributed by atoms with Crippen molar-refractivity contribution in [3.63, 3.8) is 0 Å². The van der Waals surface area contributed by atoms with E-state index in [2.05, 4.69) is 4.98 Å². The Kier molecular flexibility index (Phi) is 4.40. The third-order valence-electron chi connectivity index (χ3n) is 2.89. The molecule has 1 amide bonds. The molecule has 1 aromatic heterocycles. The first-order valence-electron chi connectivity index (χ1n) is 6.18. The van der Waals surface area contributed by atoms with Gasteiger partial charge in [0.2, 0.25) is 0 Å². The summed E-state index contributed by atoms with van der Waals surface area (Å²) in [6.07, 6.45) is 0.969. The Morgan fingerprint density at radius 3 is 2.57 bits per heavy atom. The topological polar surface area (TPSA) is 124 Å². The fourth-order valence-electron chi connectivity index (χ4n) is 1.80. The van der Waals surface area contributed by atoms with E-state index in [1.54, 1.807) is 4.72 Å². The number of carbonyl (C=O) groups is 1. The number of aryl methyl sites for hydroxylation is 1. The van der Waals surface area contributed by atoms with E-state index in [0.717, 1.165) is 35.0 Å². The minimum atomic E-state index is -4.20. The number of benzene rings is 1. The van der Waals surface area contributed by atoms with Crippen LogP contribution < -0.4 is 4.72 Å². The fraction of sp³-hybridized carbons (Fsp3) is 0.167. The lowest BCUT2D eigenvalue weighted by Crippen LogP contribution is -2.33. The van der Waals surface area contributed by atoms with Crippen LogP contribution in [0.4, 0.5) is 10.2 Å². The van der Waals surface area contributed by atoms with Crippen LogP contribution in [0.2, 0.25) is 0 Å². The first kappa shape index (κ1) is 16.5. The molecule has 0 saturated carbocycles. The maximum Gasteiger partial charge on any atom is 0.343 e. The minimum Gasteiger partial charge on any atom is -0.358 e. The lowest BCUT2D eigenvalue weighted by molar-refractivity contribution is -0.392. The average molecular weight is 342 g/mol. The molecule has 9 nitrogen and oxygen atoms in total. The summed E-state index contributed by atoms with van der Waals surface area (Å²) in [7, 11) is -4.20. The molecule has 23 heavy (non-hydrogen) atoms. The van der Waals surface area contributed by atoms with Crippen LogP contribution in [0.15, 0.2) is 35.4 Å². The number of hydrogen-bond acceptors (Lipinski definition) is 6. The molecule has 0 aliphatic carbocycles. The van der Waals surface area contributed by atoms with Crippen molar-refractivity contribution in [2.24, 2.45) is 0 Å². The third kappa shape index (κ3) is 3.69. The second kappa shape index (κ2) is 6.12. The predicted octanol–water partition coefficient (Wildman–Crippen LogP) is 0.744. The monoisotopic (exact) mass is 342 g/mol. The van der Waals surface area contributed by atoms with Gasteiger partial charge in [0.15, 0.2) is 12.4 Å². The average Bonchev–Trinajstić information content (AvgIpc) is 2.80. The zero-order valence-corrected chi connectivity index (χ0v) is 12.6. The van der Waals surface area contributed by atoms with Crippen LogP contribution in [-0.4, -0.2) is 28.8 Å². The van der Waals surface area contributed by atoms with Crippen molar-refractivity contribution in [2.75, 3.05) is 0 Å². The van der Waals surface area contributed by atoms with Crippen LogP contribution in [0, 0.1) is 22.9 Å². The summed E-state index contributed by atoms with van der Waals surface area (Å²) in [6, 6.07) is 3.86. The maximum atomic E-state index is 12.8. The summed E-state index contributed by atoms with van der Waals surface area (Å²) < 4.78 is 39.5. The minimum absolute atomic E-state index is 0.186. The number of halogens is 1. The molecule has 0 atom stereocenters. The van der Waals surface area contributed by atoms with Gasteiger partial charge in [-0.25, -0.2) is 27.1 Å². The number of nitrogens with zero attached hydrogens (tertiary/aromatic N) is 3. The number of sulfonamides is 1. The largest absolute Gasteiger partial charge is 0.358 e. The summed E-state index contributed by atoms with van der Waals surface area (Å²) in [5, 5.41) is 10.8. The molecular weight excluding hydrogens is 331 g/mol. The summed E-state index contributed by atoms with van der Waals surface area (Å²) in [5.41, 5.74) is 0. The van der Waals surface area contributed by atoms with Gasteiger partial charge >= 0.3 is 5.82 Å². The number of aromatic nitrogens is 2. The predicted molar refractivity (Wildman–Crippen MR) is 75.3 cm³/mol. The Labute approximate surface area is 130 Å². The molecule has 2 rings (SSSR count). The molecule has 0 spiro atoms. The van der Waals surface area contributed by atoms with E-state index in [9.17, 15) is 27.7 Å². The van der Waals surface area contributed by atoms with Gasteiger partial charge in [0.05, 0.1) is 4.90 Å². The molecule has 0 radical (unpaired) electrons. The van der Waals surface area contributed by atoms with Gasteiger partial charge < -0.3 is 10.1 Å². The molecule has 2 aromatic rings. The Hall–Kier alpha value is -2.82. The zero-order valence-electron chi connectivity index (χ0n) is 11.8. The molecular formula is C12H11FN4O5S. The standard InChI is InChI=1S/C12H11FN4O5S/c1-8-14-6-12(17(19)20)16(8)7-11(18)15-23(21,22)10-4-2-9(13)3-5-10/h2-6H,7H2,1H3,(H,15,18). The number of imidazole rings is 1. The summed E-state index contributed by atoms with van der Waals surface area (Å²) in [4.78, 5) is 25.3. The number of hydrogen-bond donors (Lipinski definition) is 1. The van der Waals surface area contributed by atoms with Crippen molar-refractivity contribution in [1.29, 1.82) is 0 Å².